The number of ether oxygens (including phenoxy) is 1. The third-order valence-electron chi connectivity index (χ3n) is 4.87. The van der Waals surface area contributed by atoms with Crippen LogP contribution in [0.3, 0.4) is 0 Å². The Balaban J connectivity index is 1.44. The van der Waals surface area contributed by atoms with Crippen molar-refractivity contribution in [1.82, 2.24) is 15.0 Å². The summed E-state index contributed by atoms with van der Waals surface area (Å²) in [6.45, 7) is 1.89. The Kier molecular flexibility index (Phi) is 5.89. The number of benzene rings is 2. The van der Waals surface area contributed by atoms with Gasteiger partial charge in [0.15, 0.2) is 0 Å². The molecule has 0 bridgehead atoms. The molecular weight excluding hydrogens is 386 g/mol. The van der Waals surface area contributed by atoms with Gasteiger partial charge in [0.2, 0.25) is 10.0 Å². The molecule has 1 aliphatic rings. The lowest BCUT2D eigenvalue weighted by Crippen LogP contribution is -2.46. The molecule has 3 aromatic rings. The zero-order chi connectivity index (χ0) is 20.1. The summed E-state index contributed by atoms with van der Waals surface area (Å²) < 4.78 is 33.3. The van der Waals surface area contributed by atoms with Crippen molar-refractivity contribution in [3.05, 3.63) is 78.6 Å². The summed E-state index contributed by atoms with van der Waals surface area (Å²) >= 11 is 0. The van der Waals surface area contributed by atoms with E-state index >= 15 is 0 Å². The summed E-state index contributed by atoms with van der Waals surface area (Å²) in [7, 11) is -3.54. The van der Waals surface area contributed by atoms with Crippen molar-refractivity contribution in [3.63, 3.8) is 0 Å². The molecule has 6 nitrogen and oxygen atoms in total. The van der Waals surface area contributed by atoms with Crippen LogP contribution in [0.5, 0.6) is 5.75 Å². The predicted molar refractivity (Wildman–Crippen MR) is 112 cm³/mol. The highest BCUT2D eigenvalue weighted by molar-refractivity contribution is 7.89. The number of rotatable bonds is 8. The number of sulfonamides is 1. The van der Waals surface area contributed by atoms with Gasteiger partial charge in [-0.2, -0.15) is 0 Å². The Morgan fingerprint density at radius 3 is 2.62 bits per heavy atom. The maximum atomic E-state index is 12.4. The van der Waals surface area contributed by atoms with Crippen molar-refractivity contribution in [2.75, 3.05) is 13.2 Å². The summed E-state index contributed by atoms with van der Waals surface area (Å²) in [5.74, 6) is 0.728. The highest BCUT2D eigenvalue weighted by Gasteiger charge is 2.17. The van der Waals surface area contributed by atoms with Gasteiger partial charge in [-0.15, -0.1) is 0 Å². The zero-order valence-corrected chi connectivity index (χ0v) is 16.7. The fraction of sp³-hybridized carbons (Fsp3) is 0.227. The molecule has 0 aliphatic carbocycles. The molecule has 7 heteroatoms. The molecule has 0 radical (unpaired) electrons. The van der Waals surface area contributed by atoms with E-state index in [4.69, 9.17) is 4.74 Å². The van der Waals surface area contributed by atoms with E-state index in [9.17, 15) is 8.42 Å². The summed E-state index contributed by atoms with van der Waals surface area (Å²) in [6.07, 6.45) is 4.62. The summed E-state index contributed by atoms with van der Waals surface area (Å²) in [4.78, 5) is 4.54. The molecule has 1 fully saturated rings. The quantitative estimate of drug-likeness (QED) is 0.598. The van der Waals surface area contributed by atoms with Crippen LogP contribution < -0.4 is 14.8 Å². The first-order chi connectivity index (χ1) is 14.1. The van der Waals surface area contributed by atoms with E-state index in [1.165, 1.54) is 0 Å². The van der Waals surface area contributed by atoms with Gasteiger partial charge in [-0.05, 0) is 48.4 Å². The number of pyridine rings is 1. The molecule has 0 saturated carbocycles. The lowest BCUT2D eigenvalue weighted by molar-refractivity contribution is 0.217. The van der Waals surface area contributed by atoms with Gasteiger partial charge in [0.05, 0.1) is 11.1 Å². The smallest absolute Gasteiger partial charge is 0.240 e. The molecule has 29 heavy (non-hydrogen) atoms. The summed E-state index contributed by atoms with van der Waals surface area (Å²) in [5, 5.41) is 3.31. The van der Waals surface area contributed by atoms with E-state index in [-0.39, 0.29) is 11.4 Å². The van der Waals surface area contributed by atoms with Crippen LogP contribution in [0.15, 0.2) is 78.0 Å². The van der Waals surface area contributed by atoms with Gasteiger partial charge in [0, 0.05) is 24.3 Å². The first-order valence-corrected chi connectivity index (χ1v) is 11.0. The first-order valence-electron chi connectivity index (χ1n) is 9.55. The molecule has 2 aromatic carbocycles. The number of hydrogen-bond donors (Lipinski definition) is 2. The summed E-state index contributed by atoms with van der Waals surface area (Å²) in [6, 6.07) is 18.5. The van der Waals surface area contributed by atoms with Crippen molar-refractivity contribution in [1.29, 1.82) is 0 Å². The molecule has 1 unspecified atom stereocenters. The molecule has 2 heterocycles. The van der Waals surface area contributed by atoms with E-state index in [0.717, 1.165) is 35.4 Å². The minimum Gasteiger partial charge on any atom is -0.490 e. The standard InChI is InChI=1S/C22H23N3O3S/c26-29(27,22-7-2-1-3-8-22)25-13-17-5-4-6-18(11-17)19-12-21(15-23-14-19)28-16-20-9-10-24-20/h1-8,11-12,14-15,20,24-25H,9-10,13,16H2. The predicted octanol–water partition coefficient (Wildman–Crippen LogP) is 2.97. The molecule has 2 N–H and O–H groups in total. The van der Waals surface area contributed by atoms with Gasteiger partial charge >= 0.3 is 0 Å². The average molecular weight is 410 g/mol. The fourth-order valence-corrected chi connectivity index (χ4v) is 4.10. The van der Waals surface area contributed by atoms with Crippen molar-refractivity contribution in [2.45, 2.75) is 23.9 Å². The van der Waals surface area contributed by atoms with Crippen molar-refractivity contribution < 1.29 is 13.2 Å². The van der Waals surface area contributed by atoms with Crippen LogP contribution in [0, 0.1) is 0 Å². The molecule has 1 aliphatic heterocycles. The SMILES string of the molecule is O=S(=O)(NCc1cccc(-c2cncc(OCC3CCN3)c2)c1)c1ccccc1. The van der Waals surface area contributed by atoms with Crippen molar-refractivity contribution in [3.8, 4) is 16.9 Å². The number of aromatic nitrogens is 1. The monoisotopic (exact) mass is 409 g/mol. The minimum absolute atomic E-state index is 0.210. The normalized spacial score (nSPS) is 16.2. The van der Waals surface area contributed by atoms with Crippen LogP contribution in [0.25, 0.3) is 11.1 Å². The molecule has 0 spiro atoms. The average Bonchev–Trinajstić information content (AvgIpc) is 2.72. The number of hydrogen-bond acceptors (Lipinski definition) is 5. The molecule has 4 rings (SSSR count). The lowest BCUT2D eigenvalue weighted by Gasteiger charge is -2.27. The second-order valence-electron chi connectivity index (χ2n) is 7.00. The van der Waals surface area contributed by atoms with Crippen LogP contribution in [0.2, 0.25) is 0 Å². The molecule has 1 atom stereocenters. The third kappa shape index (κ3) is 5.00. The van der Waals surface area contributed by atoms with Crippen LogP contribution in [-0.4, -0.2) is 32.6 Å². The topological polar surface area (TPSA) is 80.3 Å². The minimum atomic E-state index is -3.54. The van der Waals surface area contributed by atoms with Gasteiger partial charge in [-0.25, -0.2) is 13.1 Å². The van der Waals surface area contributed by atoms with Crippen LogP contribution >= 0.6 is 0 Å². The van der Waals surface area contributed by atoms with Crippen LogP contribution in [0.4, 0.5) is 0 Å². The highest BCUT2D eigenvalue weighted by atomic mass is 32.2. The largest absolute Gasteiger partial charge is 0.490 e. The number of nitrogens with one attached hydrogen (secondary N) is 2. The molecule has 0 amide bonds. The van der Waals surface area contributed by atoms with Crippen LogP contribution in [-0.2, 0) is 16.6 Å². The number of nitrogens with zero attached hydrogens (tertiary/aromatic N) is 1. The van der Waals surface area contributed by atoms with E-state index in [1.807, 2.05) is 30.3 Å². The maximum Gasteiger partial charge on any atom is 0.240 e. The first kappa shape index (κ1) is 19.6. The van der Waals surface area contributed by atoms with Crippen molar-refractivity contribution >= 4 is 10.0 Å². The van der Waals surface area contributed by atoms with Gasteiger partial charge in [0.1, 0.15) is 12.4 Å². The molecule has 1 saturated heterocycles. The Morgan fingerprint density at radius 1 is 1.03 bits per heavy atom. The summed E-state index contributed by atoms with van der Waals surface area (Å²) in [5.41, 5.74) is 2.75. The van der Waals surface area contributed by atoms with E-state index < -0.39 is 10.0 Å². The Labute approximate surface area is 171 Å². The second-order valence-corrected chi connectivity index (χ2v) is 8.76. The van der Waals surface area contributed by atoms with Gasteiger partial charge in [0.25, 0.3) is 0 Å². The lowest BCUT2D eigenvalue weighted by atomic mass is 10.0. The third-order valence-corrected chi connectivity index (χ3v) is 6.29. The second kappa shape index (κ2) is 8.73. The van der Waals surface area contributed by atoms with Crippen LogP contribution in [0.1, 0.15) is 12.0 Å². The van der Waals surface area contributed by atoms with Gasteiger partial charge in [-0.1, -0.05) is 36.4 Å². The van der Waals surface area contributed by atoms with Gasteiger partial charge < -0.3 is 10.1 Å². The molecular formula is C22H23N3O3S. The molecule has 150 valence electrons. The Hall–Kier alpha value is -2.74. The van der Waals surface area contributed by atoms with E-state index in [2.05, 4.69) is 15.0 Å². The Morgan fingerprint density at radius 2 is 1.86 bits per heavy atom. The maximum absolute atomic E-state index is 12.4. The van der Waals surface area contributed by atoms with E-state index in [0.29, 0.717) is 12.6 Å². The zero-order valence-electron chi connectivity index (χ0n) is 15.9. The van der Waals surface area contributed by atoms with E-state index in [1.54, 1.807) is 42.7 Å². The Bertz CT molecular complexity index is 1070. The fourth-order valence-electron chi connectivity index (χ4n) is 3.07. The highest BCUT2D eigenvalue weighted by Crippen LogP contribution is 2.24. The van der Waals surface area contributed by atoms with Gasteiger partial charge in [-0.3, -0.25) is 4.98 Å². The van der Waals surface area contributed by atoms with Crippen molar-refractivity contribution in [2.24, 2.45) is 0 Å². The molecule has 1 aromatic heterocycles.